The van der Waals surface area contributed by atoms with E-state index < -0.39 is 4.92 Å². The number of rotatable bonds is 9. The Hall–Kier alpha value is -4.15. The lowest BCUT2D eigenvalue weighted by Crippen LogP contribution is -2.31. The van der Waals surface area contributed by atoms with Crippen LogP contribution in [0.1, 0.15) is 18.1 Å². The van der Waals surface area contributed by atoms with Gasteiger partial charge in [-0.15, -0.1) is 0 Å². The topological polar surface area (TPSA) is 94.4 Å². The van der Waals surface area contributed by atoms with Crippen LogP contribution in [0.4, 0.5) is 11.4 Å². The molecular formula is C27H24ClN3O6S. The number of nitrogens with zero attached hydrogens (tertiary/aromatic N) is 3. The highest BCUT2D eigenvalue weighted by Gasteiger charge is 2.36. The van der Waals surface area contributed by atoms with Gasteiger partial charge in [0, 0.05) is 19.2 Å². The number of non-ortho nitro benzene ring substituents is 1. The van der Waals surface area contributed by atoms with Crippen LogP contribution in [0.15, 0.2) is 66.4 Å². The average Bonchev–Trinajstić information content (AvgIpc) is 3.11. The molecule has 9 nitrogen and oxygen atoms in total. The molecule has 0 unspecified atom stereocenters. The quantitative estimate of drug-likeness (QED) is 0.141. The van der Waals surface area contributed by atoms with Crippen molar-refractivity contribution in [2.75, 3.05) is 25.7 Å². The number of carbonyl (C=O) groups is 1. The van der Waals surface area contributed by atoms with Crippen LogP contribution in [0.25, 0.3) is 6.08 Å². The molecule has 1 aliphatic rings. The number of halogens is 1. The van der Waals surface area contributed by atoms with E-state index in [9.17, 15) is 14.9 Å². The van der Waals surface area contributed by atoms with E-state index >= 15 is 0 Å². The minimum Gasteiger partial charge on any atom is -0.494 e. The van der Waals surface area contributed by atoms with E-state index in [2.05, 4.69) is 0 Å². The van der Waals surface area contributed by atoms with Crippen molar-refractivity contribution in [3.05, 3.63) is 92.6 Å². The predicted molar refractivity (Wildman–Crippen MR) is 149 cm³/mol. The Morgan fingerprint density at radius 2 is 1.76 bits per heavy atom. The molecule has 0 aromatic heterocycles. The lowest BCUT2D eigenvalue weighted by atomic mass is 10.1. The van der Waals surface area contributed by atoms with Crippen molar-refractivity contribution in [2.45, 2.75) is 13.5 Å². The standard InChI is InChI=1S/C27H24ClN3O6S/c1-4-36-21-11-9-19(10-12-21)30-26(32)23(29(2)27(30)38)14-18-13-22(28)25(24(15-18)35-3)37-16-17-5-7-20(8-6-17)31(33)34/h5-15H,4,16H2,1-3H3/b23-14-. The third-order valence-corrected chi connectivity index (χ3v) is 6.49. The number of methoxy groups -OCH3 is 1. The zero-order valence-corrected chi connectivity index (χ0v) is 22.4. The van der Waals surface area contributed by atoms with Gasteiger partial charge >= 0.3 is 0 Å². The number of nitro groups is 1. The molecule has 0 bridgehead atoms. The molecular weight excluding hydrogens is 530 g/mol. The first-order chi connectivity index (χ1) is 18.2. The fourth-order valence-electron chi connectivity index (χ4n) is 3.83. The number of amides is 1. The van der Waals surface area contributed by atoms with Crippen LogP contribution in [-0.4, -0.2) is 41.6 Å². The minimum absolute atomic E-state index is 0.00578. The molecule has 0 saturated carbocycles. The Kier molecular flexibility index (Phi) is 8.13. The second kappa shape index (κ2) is 11.5. The molecule has 1 amide bonds. The monoisotopic (exact) mass is 553 g/mol. The molecule has 3 aromatic rings. The fraction of sp³-hybridized carbons (Fsp3) is 0.185. The van der Waals surface area contributed by atoms with Crippen molar-refractivity contribution in [3.63, 3.8) is 0 Å². The summed E-state index contributed by atoms with van der Waals surface area (Å²) in [6.45, 7) is 2.57. The van der Waals surface area contributed by atoms with Gasteiger partial charge in [-0.05, 0) is 84.9 Å². The Morgan fingerprint density at radius 1 is 1.08 bits per heavy atom. The van der Waals surface area contributed by atoms with E-state index in [0.717, 1.165) is 5.56 Å². The van der Waals surface area contributed by atoms with Crippen molar-refractivity contribution in [1.29, 1.82) is 0 Å². The zero-order chi connectivity index (χ0) is 27.4. The van der Waals surface area contributed by atoms with Crippen LogP contribution in [0, 0.1) is 10.1 Å². The number of thiocarbonyl (C=S) groups is 1. The number of likely N-dealkylation sites (N-methyl/N-ethyl adjacent to an activating group) is 1. The van der Waals surface area contributed by atoms with Gasteiger partial charge in [0.15, 0.2) is 16.6 Å². The molecule has 0 spiro atoms. The van der Waals surface area contributed by atoms with Crippen LogP contribution >= 0.6 is 23.8 Å². The highest BCUT2D eigenvalue weighted by atomic mass is 35.5. The Morgan fingerprint density at radius 3 is 2.37 bits per heavy atom. The van der Waals surface area contributed by atoms with Crippen LogP contribution in [0.3, 0.4) is 0 Å². The van der Waals surface area contributed by atoms with Gasteiger partial charge in [-0.3, -0.25) is 19.8 Å². The van der Waals surface area contributed by atoms with Crippen LogP contribution in [0.2, 0.25) is 5.02 Å². The van der Waals surface area contributed by atoms with E-state index in [1.165, 1.54) is 24.1 Å². The number of nitro benzene ring substituents is 1. The number of ether oxygens (including phenoxy) is 3. The molecule has 0 atom stereocenters. The molecule has 1 saturated heterocycles. The van der Waals surface area contributed by atoms with Crippen LogP contribution < -0.4 is 19.1 Å². The van der Waals surface area contributed by atoms with Gasteiger partial charge in [-0.1, -0.05) is 11.6 Å². The summed E-state index contributed by atoms with van der Waals surface area (Å²) >= 11 is 12.1. The fourth-order valence-corrected chi connectivity index (χ4v) is 4.39. The predicted octanol–water partition coefficient (Wildman–Crippen LogP) is 5.84. The molecule has 0 N–H and O–H groups in total. The van der Waals surface area contributed by atoms with E-state index in [4.69, 9.17) is 38.0 Å². The lowest BCUT2D eigenvalue weighted by Gasteiger charge is -2.16. The first kappa shape index (κ1) is 26.9. The molecule has 1 heterocycles. The van der Waals surface area contributed by atoms with Crippen molar-refractivity contribution >= 4 is 52.3 Å². The SMILES string of the molecule is CCOc1ccc(N2C(=O)/C(=C/c3cc(Cl)c(OCc4ccc([N+](=O)[O-])cc4)c(OC)c3)N(C)C2=S)cc1. The molecule has 0 radical (unpaired) electrons. The van der Waals surface area contributed by atoms with Gasteiger partial charge in [0.05, 0.1) is 29.4 Å². The van der Waals surface area contributed by atoms with Gasteiger partial charge in [-0.25, -0.2) is 0 Å². The maximum atomic E-state index is 13.3. The summed E-state index contributed by atoms with van der Waals surface area (Å²) in [5.74, 6) is 1.10. The largest absolute Gasteiger partial charge is 0.494 e. The summed E-state index contributed by atoms with van der Waals surface area (Å²) in [6.07, 6.45) is 1.68. The summed E-state index contributed by atoms with van der Waals surface area (Å²) in [5.41, 5.74) is 2.32. The van der Waals surface area contributed by atoms with Crippen molar-refractivity contribution in [3.8, 4) is 17.2 Å². The minimum atomic E-state index is -0.464. The lowest BCUT2D eigenvalue weighted by molar-refractivity contribution is -0.384. The van der Waals surface area contributed by atoms with Crippen LogP contribution in [-0.2, 0) is 11.4 Å². The van der Waals surface area contributed by atoms with Crippen LogP contribution in [0.5, 0.6) is 17.2 Å². The first-order valence-corrected chi connectivity index (χ1v) is 12.3. The maximum absolute atomic E-state index is 13.3. The van der Waals surface area contributed by atoms with Crippen molar-refractivity contribution < 1.29 is 23.9 Å². The smallest absolute Gasteiger partial charge is 0.281 e. The maximum Gasteiger partial charge on any atom is 0.281 e. The average molecular weight is 554 g/mol. The van der Waals surface area contributed by atoms with Gasteiger partial charge in [0.2, 0.25) is 0 Å². The summed E-state index contributed by atoms with van der Waals surface area (Å²) < 4.78 is 16.8. The van der Waals surface area contributed by atoms with E-state index in [0.29, 0.717) is 45.9 Å². The molecule has 0 aliphatic carbocycles. The van der Waals surface area contributed by atoms with Crippen molar-refractivity contribution in [2.24, 2.45) is 0 Å². The van der Waals surface area contributed by atoms with E-state index in [1.807, 2.05) is 6.92 Å². The molecule has 11 heteroatoms. The van der Waals surface area contributed by atoms with E-state index in [-0.39, 0.29) is 23.2 Å². The van der Waals surface area contributed by atoms with Gasteiger partial charge in [0.25, 0.3) is 11.6 Å². The van der Waals surface area contributed by atoms with Gasteiger partial charge < -0.3 is 19.1 Å². The summed E-state index contributed by atoms with van der Waals surface area (Å²) in [7, 11) is 3.21. The first-order valence-electron chi connectivity index (χ1n) is 11.5. The third kappa shape index (κ3) is 5.56. The Bertz CT molecular complexity index is 1410. The number of hydrogen-bond acceptors (Lipinski definition) is 7. The molecule has 3 aromatic carbocycles. The Balaban J connectivity index is 1.56. The second-order valence-corrected chi connectivity index (χ2v) is 8.96. The number of carbonyl (C=O) groups excluding carboxylic acids is 1. The van der Waals surface area contributed by atoms with Gasteiger partial charge in [0.1, 0.15) is 18.1 Å². The van der Waals surface area contributed by atoms with Crippen molar-refractivity contribution in [1.82, 2.24) is 4.90 Å². The number of anilines is 1. The Labute approximate surface area is 229 Å². The normalized spacial score (nSPS) is 14.3. The number of benzene rings is 3. The molecule has 4 rings (SSSR count). The number of hydrogen-bond donors (Lipinski definition) is 0. The molecule has 196 valence electrons. The molecule has 1 aliphatic heterocycles. The van der Waals surface area contributed by atoms with Gasteiger partial charge in [-0.2, -0.15) is 0 Å². The zero-order valence-electron chi connectivity index (χ0n) is 20.8. The summed E-state index contributed by atoms with van der Waals surface area (Å²) in [5, 5.41) is 11.5. The summed E-state index contributed by atoms with van der Waals surface area (Å²) in [6, 6.07) is 16.5. The highest BCUT2D eigenvalue weighted by Crippen LogP contribution is 2.38. The van der Waals surface area contributed by atoms with E-state index in [1.54, 1.807) is 66.6 Å². The molecule has 38 heavy (non-hydrogen) atoms. The third-order valence-electron chi connectivity index (χ3n) is 5.75. The highest BCUT2D eigenvalue weighted by molar-refractivity contribution is 7.80. The second-order valence-electron chi connectivity index (χ2n) is 8.18. The summed E-state index contributed by atoms with van der Waals surface area (Å²) in [4.78, 5) is 26.8. The molecule has 1 fully saturated rings.